The fourth-order valence-electron chi connectivity index (χ4n) is 0.954. The van der Waals surface area contributed by atoms with Crippen molar-refractivity contribution in [3.05, 3.63) is 30.1 Å². The summed E-state index contributed by atoms with van der Waals surface area (Å²) in [4.78, 5) is 15.2. The van der Waals surface area contributed by atoms with Crippen molar-refractivity contribution in [3.8, 4) is 0 Å². The molecular weight excluding hydrogens is 270 g/mol. The van der Waals surface area contributed by atoms with Crippen LogP contribution in [0, 0.1) is 0 Å². The Morgan fingerprint density at radius 1 is 1.42 bits per heavy atom. The molecule has 1 aromatic rings. The predicted molar refractivity (Wildman–Crippen MR) is 70.6 cm³/mol. The number of nitrogens with zero attached hydrogens (tertiary/aromatic N) is 3. The van der Waals surface area contributed by atoms with Gasteiger partial charge >= 0.3 is 0 Å². The topological polar surface area (TPSA) is 104 Å². The quantitative estimate of drug-likeness (QED) is 0.513. The van der Waals surface area contributed by atoms with Gasteiger partial charge in [0.1, 0.15) is 0 Å². The van der Waals surface area contributed by atoms with E-state index in [0.717, 1.165) is 9.87 Å². The van der Waals surface area contributed by atoms with Crippen LogP contribution in [0.3, 0.4) is 0 Å². The first-order valence-electron chi connectivity index (χ1n) is 5.31. The zero-order valence-electron chi connectivity index (χ0n) is 10.6. The first-order valence-corrected chi connectivity index (χ1v) is 6.75. The minimum atomic E-state index is -3.61. The summed E-state index contributed by atoms with van der Waals surface area (Å²) in [7, 11) is -0.882. The molecule has 0 saturated carbocycles. The van der Waals surface area contributed by atoms with E-state index < -0.39 is 16.1 Å². The van der Waals surface area contributed by atoms with E-state index >= 15 is 0 Å². The second kappa shape index (κ2) is 6.92. The van der Waals surface area contributed by atoms with Gasteiger partial charge in [0.05, 0.1) is 12.8 Å². The van der Waals surface area contributed by atoms with E-state index in [1.165, 1.54) is 20.3 Å². The lowest BCUT2D eigenvalue weighted by Crippen LogP contribution is -2.41. The average Bonchev–Trinajstić information content (AvgIpc) is 2.37. The summed E-state index contributed by atoms with van der Waals surface area (Å²) in [5, 5.41) is 3.69. The summed E-state index contributed by atoms with van der Waals surface area (Å²) in [6.45, 7) is -0.381. The maximum atomic E-state index is 11.3. The average molecular weight is 285 g/mol. The van der Waals surface area contributed by atoms with Crippen molar-refractivity contribution in [2.24, 2.45) is 5.10 Å². The first-order chi connectivity index (χ1) is 8.92. The van der Waals surface area contributed by atoms with Crippen LogP contribution in [0.4, 0.5) is 0 Å². The molecule has 0 radical (unpaired) electrons. The van der Waals surface area contributed by atoms with E-state index in [1.807, 2.05) is 0 Å². The minimum Gasteiger partial charge on any atom is -0.272 e. The third-order valence-corrected chi connectivity index (χ3v) is 3.48. The summed E-state index contributed by atoms with van der Waals surface area (Å²) < 4.78 is 25.7. The molecule has 9 heteroatoms. The molecule has 0 atom stereocenters. The van der Waals surface area contributed by atoms with Crippen LogP contribution in [0.2, 0.25) is 0 Å². The molecule has 104 valence electrons. The Labute approximate surface area is 111 Å². The van der Waals surface area contributed by atoms with Crippen LogP contribution in [-0.2, 0) is 15.0 Å². The second-order valence-corrected chi connectivity index (χ2v) is 5.65. The van der Waals surface area contributed by atoms with Gasteiger partial charge < -0.3 is 0 Å². The third kappa shape index (κ3) is 5.55. The Hall–Kier alpha value is -1.84. The molecule has 0 aliphatic rings. The van der Waals surface area contributed by atoms with E-state index in [1.54, 1.807) is 24.5 Å². The lowest BCUT2D eigenvalue weighted by molar-refractivity contribution is -0.119. The Morgan fingerprint density at radius 2 is 2.05 bits per heavy atom. The van der Waals surface area contributed by atoms with Gasteiger partial charge in [0.2, 0.25) is 0 Å². The normalized spacial score (nSPS) is 11.9. The van der Waals surface area contributed by atoms with Gasteiger partial charge in [-0.05, 0) is 17.7 Å². The van der Waals surface area contributed by atoms with Gasteiger partial charge in [0, 0.05) is 26.5 Å². The van der Waals surface area contributed by atoms with Crippen LogP contribution in [-0.4, -0.2) is 50.5 Å². The summed E-state index contributed by atoms with van der Waals surface area (Å²) >= 11 is 0. The van der Waals surface area contributed by atoms with Crippen LogP contribution in [0.5, 0.6) is 0 Å². The SMILES string of the molecule is CN(C)S(=O)(=O)NCC(=O)NN=Cc1ccncc1. The van der Waals surface area contributed by atoms with Crippen molar-refractivity contribution < 1.29 is 13.2 Å². The maximum absolute atomic E-state index is 11.3. The number of nitrogens with one attached hydrogen (secondary N) is 2. The number of carbonyl (C=O) groups is 1. The number of hydrogen-bond donors (Lipinski definition) is 2. The number of amides is 1. The molecule has 0 spiro atoms. The third-order valence-electron chi connectivity index (χ3n) is 2.00. The molecule has 0 fully saturated rings. The van der Waals surface area contributed by atoms with E-state index in [0.29, 0.717) is 0 Å². The van der Waals surface area contributed by atoms with Crippen molar-refractivity contribution in [1.29, 1.82) is 0 Å². The summed E-state index contributed by atoms with van der Waals surface area (Å²) in [6.07, 6.45) is 4.61. The summed E-state index contributed by atoms with van der Waals surface area (Å²) in [5.41, 5.74) is 2.98. The first kappa shape index (κ1) is 15.2. The fourth-order valence-corrected chi connectivity index (χ4v) is 1.53. The number of hydrazone groups is 1. The molecule has 2 N–H and O–H groups in total. The Balaban J connectivity index is 2.39. The Bertz CT molecular complexity index is 542. The van der Waals surface area contributed by atoms with Crippen molar-refractivity contribution in [3.63, 3.8) is 0 Å². The van der Waals surface area contributed by atoms with E-state index in [2.05, 4.69) is 20.2 Å². The van der Waals surface area contributed by atoms with Crippen molar-refractivity contribution >= 4 is 22.3 Å². The molecule has 0 bridgehead atoms. The number of aromatic nitrogens is 1. The Morgan fingerprint density at radius 3 is 2.63 bits per heavy atom. The summed E-state index contributed by atoms with van der Waals surface area (Å²) in [6, 6.07) is 3.43. The van der Waals surface area contributed by atoms with Crippen LogP contribution in [0.25, 0.3) is 0 Å². The predicted octanol–water partition coefficient (Wildman–Crippen LogP) is -1.07. The second-order valence-electron chi connectivity index (χ2n) is 3.68. The van der Waals surface area contributed by atoms with Crippen molar-refractivity contribution in [2.75, 3.05) is 20.6 Å². The van der Waals surface area contributed by atoms with Crippen molar-refractivity contribution in [2.45, 2.75) is 0 Å². The molecule has 0 unspecified atom stereocenters. The molecule has 1 amide bonds. The van der Waals surface area contributed by atoms with Gasteiger partial charge in [-0.1, -0.05) is 0 Å². The molecule has 1 aromatic heterocycles. The fraction of sp³-hybridized carbons (Fsp3) is 0.300. The zero-order valence-corrected chi connectivity index (χ0v) is 11.4. The van der Waals surface area contributed by atoms with Crippen LogP contribution in [0.1, 0.15) is 5.56 Å². The van der Waals surface area contributed by atoms with Crippen molar-refractivity contribution in [1.82, 2.24) is 19.4 Å². The number of rotatable bonds is 6. The molecular formula is C10H15N5O3S. The highest BCUT2D eigenvalue weighted by atomic mass is 32.2. The minimum absolute atomic E-state index is 0.381. The lowest BCUT2D eigenvalue weighted by Gasteiger charge is -2.11. The number of hydrogen-bond acceptors (Lipinski definition) is 5. The smallest absolute Gasteiger partial charge is 0.272 e. The zero-order chi connectivity index (χ0) is 14.3. The highest BCUT2D eigenvalue weighted by Gasteiger charge is 2.13. The van der Waals surface area contributed by atoms with Gasteiger partial charge in [-0.25, -0.2) is 5.43 Å². The lowest BCUT2D eigenvalue weighted by atomic mass is 10.3. The standard InChI is InChI=1S/C10H15N5O3S/c1-15(2)19(17,18)13-8-10(16)14-12-7-9-3-5-11-6-4-9/h3-7,13H,8H2,1-2H3,(H,14,16). The Kier molecular flexibility index (Phi) is 5.55. The molecule has 1 heterocycles. The van der Waals surface area contributed by atoms with Crippen LogP contribution < -0.4 is 10.1 Å². The molecule has 0 aliphatic heterocycles. The molecule has 1 rings (SSSR count). The van der Waals surface area contributed by atoms with Crippen LogP contribution in [0.15, 0.2) is 29.6 Å². The van der Waals surface area contributed by atoms with Gasteiger partial charge in [-0.15, -0.1) is 0 Å². The monoisotopic (exact) mass is 285 g/mol. The van der Waals surface area contributed by atoms with Gasteiger partial charge in [-0.3, -0.25) is 9.78 Å². The summed E-state index contributed by atoms with van der Waals surface area (Å²) in [5.74, 6) is -0.560. The van der Waals surface area contributed by atoms with E-state index in [4.69, 9.17) is 0 Å². The van der Waals surface area contributed by atoms with E-state index in [-0.39, 0.29) is 6.54 Å². The number of pyridine rings is 1. The molecule has 0 aliphatic carbocycles. The van der Waals surface area contributed by atoms with Gasteiger partial charge in [-0.2, -0.15) is 22.5 Å². The maximum Gasteiger partial charge on any atom is 0.279 e. The van der Waals surface area contributed by atoms with Crippen LogP contribution >= 0.6 is 0 Å². The molecule has 0 aromatic carbocycles. The molecule has 8 nitrogen and oxygen atoms in total. The molecule has 19 heavy (non-hydrogen) atoms. The van der Waals surface area contributed by atoms with Gasteiger partial charge in [0.15, 0.2) is 0 Å². The largest absolute Gasteiger partial charge is 0.279 e. The molecule has 0 saturated heterocycles. The highest BCUT2D eigenvalue weighted by molar-refractivity contribution is 7.87. The highest BCUT2D eigenvalue weighted by Crippen LogP contribution is 1.90. The van der Waals surface area contributed by atoms with Gasteiger partial charge in [0.25, 0.3) is 16.1 Å². The number of carbonyl (C=O) groups excluding carboxylic acids is 1. The van der Waals surface area contributed by atoms with E-state index in [9.17, 15) is 13.2 Å².